The maximum absolute atomic E-state index is 13.0. The van der Waals surface area contributed by atoms with Crippen molar-refractivity contribution in [2.45, 2.75) is 37.0 Å². The topological polar surface area (TPSA) is 66.0 Å². The number of nitrogens with one attached hydrogen (secondary N) is 1. The second-order valence-corrected chi connectivity index (χ2v) is 4.18. The molecule has 1 saturated carbocycles. The van der Waals surface area contributed by atoms with Crippen LogP contribution in [0, 0.1) is 0 Å². The average molecular weight is 230 g/mol. The minimum atomic E-state index is -2.74. The Morgan fingerprint density at radius 3 is 2.44 bits per heavy atom. The first-order valence-electron chi connectivity index (χ1n) is 5.07. The summed E-state index contributed by atoms with van der Waals surface area (Å²) in [6.07, 6.45) is 1.98. The molecule has 0 atom stereocenters. The van der Waals surface area contributed by atoms with Crippen molar-refractivity contribution in [3.05, 3.63) is 18.2 Å². The van der Waals surface area contributed by atoms with Crippen LogP contribution >= 0.6 is 0 Å². The van der Waals surface area contributed by atoms with Gasteiger partial charge in [0.2, 0.25) is 5.92 Å². The van der Waals surface area contributed by atoms with Gasteiger partial charge in [-0.2, -0.15) is 0 Å². The highest BCUT2D eigenvalue weighted by atomic mass is 19.3. The Morgan fingerprint density at radius 2 is 2.00 bits per heavy atom. The van der Waals surface area contributed by atoms with E-state index >= 15 is 0 Å². The first kappa shape index (κ1) is 11.0. The fourth-order valence-electron chi connectivity index (χ4n) is 2.12. The van der Waals surface area contributed by atoms with E-state index in [2.05, 4.69) is 9.97 Å². The van der Waals surface area contributed by atoms with Crippen LogP contribution in [-0.2, 0) is 10.2 Å². The molecule has 1 aromatic heterocycles. The van der Waals surface area contributed by atoms with Crippen molar-refractivity contribution < 1.29 is 18.7 Å². The van der Waals surface area contributed by atoms with Gasteiger partial charge in [0.05, 0.1) is 0 Å². The summed E-state index contributed by atoms with van der Waals surface area (Å²) in [5, 5.41) is 9.23. The maximum Gasteiger partial charge on any atom is 0.317 e. The lowest BCUT2D eigenvalue weighted by molar-refractivity contribution is -0.149. The van der Waals surface area contributed by atoms with Crippen LogP contribution < -0.4 is 0 Å². The molecule has 1 aliphatic carbocycles. The Balaban J connectivity index is 2.30. The van der Waals surface area contributed by atoms with Crippen molar-refractivity contribution in [2.24, 2.45) is 0 Å². The maximum atomic E-state index is 13.0. The lowest BCUT2D eigenvalue weighted by Gasteiger charge is -2.35. The molecule has 0 amide bonds. The molecule has 0 unspecified atom stereocenters. The molecule has 0 spiro atoms. The van der Waals surface area contributed by atoms with E-state index in [1.54, 1.807) is 0 Å². The molecule has 0 aromatic carbocycles. The van der Waals surface area contributed by atoms with Crippen molar-refractivity contribution in [1.82, 2.24) is 9.97 Å². The number of hydrogen-bond donors (Lipinski definition) is 2. The Kier molecular flexibility index (Phi) is 2.44. The number of hydrogen-bond acceptors (Lipinski definition) is 2. The number of imidazole rings is 1. The third-order valence-corrected chi connectivity index (χ3v) is 3.20. The summed E-state index contributed by atoms with van der Waals surface area (Å²) in [4.78, 5) is 17.9. The number of alkyl halides is 2. The minimum absolute atomic E-state index is 0.0805. The van der Waals surface area contributed by atoms with Crippen LogP contribution in [0.2, 0.25) is 0 Å². The molecule has 16 heavy (non-hydrogen) atoms. The smallest absolute Gasteiger partial charge is 0.317 e. The molecule has 2 rings (SSSR count). The standard InChI is InChI=1S/C10H12F2N2O2/c11-10(12)3-1-9(2-4-10,8(15)16)7-13-5-6-14-7/h5-6H,1-4H2,(H,13,14)(H,15,16). The van der Waals surface area contributed by atoms with E-state index in [0.717, 1.165) is 0 Å². The Morgan fingerprint density at radius 1 is 1.38 bits per heavy atom. The van der Waals surface area contributed by atoms with E-state index in [4.69, 9.17) is 0 Å². The number of rotatable bonds is 2. The second kappa shape index (κ2) is 3.54. The molecular formula is C10H12F2N2O2. The quantitative estimate of drug-likeness (QED) is 0.815. The Bertz CT molecular complexity index is 380. The SMILES string of the molecule is O=C(O)C1(c2ncc[nH]2)CCC(F)(F)CC1. The van der Waals surface area contributed by atoms with Crippen molar-refractivity contribution in [2.75, 3.05) is 0 Å². The van der Waals surface area contributed by atoms with Gasteiger partial charge >= 0.3 is 5.97 Å². The fraction of sp³-hybridized carbons (Fsp3) is 0.600. The van der Waals surface area contributed by atoms with E-state index in [9.17, 15) is 18.7 Å². The minimum Gasteiger partial charge on any atom is -0.480 e. The highest BCUT2D eigenvalue weighted by Gasteiger charge is 2.50. The highest BCUT2D eigenvalue weighted by Crippen LogP contribution is 2.44. The van der Waals surface area contributed by atoms with Gasteiger partial charge in [0.25, 0.3) is 0 Å². The largest absolute Gasteiger partial charge is 0.480 e. The second-order valence-electron chi connectivity index (χ2n) is 4.18. The number of nitrogens with zero attached hydrogens (tertiary/aromatic N) is 1. The summed E-state index contributed by atoms with van der Waals surface area (Å²) < 4.78 is 26.1. The van der Waals surface area contributed by atoms with Crippen LogP contribution in [0.3, 0.4) is 0 Å². The van der Waals surface area contributed by atoms with E-state index in [0.29, 0.717) is 0 Å². The number of carboxylic acids is 1. The number of carbonyl (C=O) groups is 1. The van der Waals surface area contributed by atoms with Gasteiger partial charge < -0.3 is 10.1 Å². The molecule has 0 aliphatic heterocycles. The lowest BCUT2D eigenvalue weighted by Crippen LogP contribution is -2.43. The molecule has 1 heterocycles. The summed E-state index contributed by atoms with van der Waals surface area (Å²) in [5.41, 5.74) is -1.27. The zero-order valence-electron chi connectivity index (χ0n) is 8.54. The van der Waals surface area contributed by atoms with Crippen LogP contribution in [0.4, 0.5) is 8.78 Å². The van der Waals surface area contributed by atoms with Crippen molar-refractivity contribution in [1.29, 1.82) is 0 Å². The molecule has 1 aromatic rings. The van der Waals surface area contributed by atoms with E-state index in [1.807, 2.05) is 0 Å². The van der Waals surface area contributed by atoms with E-state index < -0.39 is 30.1 Å². The van der Waals surface area contributed by atoms with Crippen molar-refractivity contribution >= 4 is 5.97 Å². The number of carboxylic acid groups (broad SMARTS) is 1. The van der Waals surface area contributed by atoms with E-state index in [-0.39, 0.29) is 18.7 Å². The summed E-state index contributed by atoms with van der Waals surface area (Å²) >= 11 is 0. The van der Waals surface area contributed by atoms with Gasteiger partial charge in [-0.1, -0.05) is 0 Å². The van der Waals surface area contributed by atoms with Crippen LogP contribution in [-0.4, -0.2) is 27.0 Å². The van der Waals surface area contributed by atoms with Gasteiger partial charge in [-0.25, -0.2) is 13.8 Å². The number of aliphatic carboxylic acids is 1. The normalized spacial score (nSPS) is 22.9. The molecule has 1 fully saturated rings. The molecule has 88 valence electrons. The number of aromatic nitrogens is 2. The first-order valence-corrected chi connectivity index (χ1v) is 5.07. The summed E-state index contributed by atoms with van der Waals surface area (Å²) in [6, 6.07) is 0. The monoisotopic (exact) mass is 230 g/mol. The predicted molar refractivity (Wildman–Crippen MR) is 51.3 cm³/mol. The first-order chi connectivity index (χ1) is 7.46. The molecular weight excluding hydrogens is 218 g/mol. The fourth-order valence-corrected chi connectivity index (χ4v) is 2.12. The molecule has 4 nitrogen and oxygen atoms in total. The zero-order valence-corrected chi connectivity index (χ0v) is 8.54. The van der Waals surface area contributed by atoms with Crippen molar-refractivity contribution in [3.8, 4) is 0 Å². The Labute approximate surface area is 90.7 Å². The molecule has 2 N–H and O–H groups in total. The van der Waals surface area contributed by atoms with Crippen LogP contribution in [0.5, 0.6) is 0 Å². The van der Waals surface area contributed by atoms with Gasteiger partial charge in [0, 0.05) is 25.2 Å². The van der Waals surface area contributed by atoms with Crippen LogP contribution in [0.25, 0.3) is 0 Å². The van der Waals surface area contributed by atoms with Crippen LogP contribution in [0.15, 0.2) is 12.4 Å². The molecule has 0 saturated heterocycles. The van der Waals surface area contributed by atoms with Gasteiger partial charge in [0.15, 0.2) is 0 Å². The highest BCUT2D eigenvalue weighted by molar-refractivity contribution is 5.80. The summed E-state index contributed by atoms with van der Waals surface area (Å²) in [7, 11) is 0. The zero-order chi connectivity index (χ0) is 11.8. The lowest BCUT2D eigenvalue weighted by atomic mass is 9.72. The third-order valence-electron chi connectivity index (χ3n) is 3.20. The average Bonchev–Trinajstić information content (AvgIpc) is 2.71. The summed E-state index contributed by atoms with van der Waals surface area (Å²) in [6.45, 7) is 0. The van der Waals surface area contributed by atoms with Gasteiger partial charge in [-0.15, -0.1) is 0 Å². The number of H-pyrrole nitrogens is 1. The van der Waals surface area contributed by atoms with Gasteiger partial charge in [-0.3, -0.25) is 4.79 Å². The third kappa shape index (κ3) is 1.68. The molecule has 0 bridgehead atoms. The Hall–Kier alpha value is -1.46. The molecule has 1 aliphatic rings. The van der Waals surface area contributed by atoms with Crippen molar-refractivity contribution in [3.63, 3.8) is 0 Å². The number of halogens is 2. The molecule has 0 radical (unpaired) electrons. The summed E-state index contributed by atoms with van der Waals surface area (Å²) in [5.74, 6) is -3.56. The number of aromatic amines is 1. The van der Waals surface area contributed by atoms with E-state index in [1.165, 1.54) is 12.4 Å². The van der Waals surface area contributed by atoms with Crippen LogP contribution in [0.1, 0.15) is 31.5 Å². The van der Waals surface area contributed by atoms with Gasteiger partial charge in [0.1, 0.15) is 11.2 Å². The molecule has 6 heteroatoms. The predicted octanol–water partition coefficient (Wildman–Crippen LogP) is 1.94. The van der Waals surface area contributed by atoms with Gasteiger partial charge in [-0.05, 0) is 12.8 Å².